The van der Waals surface area contributed by atoms with Crippen LogP contribution in [-0.2, 0) is 25.9 Å². The molecule has 258 valence electrons. The number of fused-ring (bicyclic) bond motifs is 4. The van der Waals surface area contributed by atoms with E-state index in [9.17, 15) is 14.3 Å². The molecule has 3 aliphatic heterocycles. The predicted octanol–water partition coefficient (Wildman–Crippen LogP) is 6.67. The molecule has 0 fully saturated rings. The van der Waals surface area contributed by atoms with E-state index in [1.807, 2.05) is 48.5 Å². The topological polar surface area (TPSA) is 46.6 Å². The molecule has 4 nitrogen and oxygen atoms in total. The standard InChI is InChI=1S/C42H36F4N2O2Si/c1-51(2)33-21-31-27(15-9-17-47(31)23-25-11-5-3-6-12-25)19-29(33)35(36-37(42(49)50)39(44)41(46)40(45)38(36)43)30-20-28-16-10-18-48(32(28)22-34(30)51)24-26-13-7-4-8-14-26/h3-8,11-14,19-22H,9-10,15-18,23-24H2,1-2H3. The summed E-state index contributed by atoms with van der Waals surface area (Å²) in [7, 11) is -2.69. The number of nitrogens with zero attached hydrogens (tertiary/aromatic N) is 2. The van der Waals surface area contributed by atoms with Gasteiger partial charge in [-0.15, -0.1) is 0 Å². The van der Waals surface area contributed by atoms with Gasteiger partial charge in [-0.3, -0.25) is 0 Å². The molecule has 0 bridgehead atoms. The van der Waals surface area contributed by atoms with Crippen molar-refractivity contribution in [3.8, 4) is 0 Å². The highest BCUT2D eigenvalue weighted by Gasteiger charge is 2.49. The summed E-state index contributed by atoms with van der Waals surface area (Å²) in [5, 5.41) is 14.3. The van der Waals surface area contributed by atoms with Crippen molar-refractivity contribution in [3.63, 3.8) is 0 Å². The molecule has 0 aliphatic carbocycles. The molecular weight excluding hydrogens is 669 g/mol. The van der Waals surface area contributed by atoms with Crippen LogP contribution in [0, 0.1) is 29.2 Å². The minimum atomic E-state index is -2.69. The number of carboxylic acids is 1. The van der Waals surface area contributed by atoms with E-state index in [4.69, 9.17) is 0 Å². The van der Waals surface area contributed by atoms with Gasteiger partial charge in [0.05, 0.1) is 34.0 Å². The van der Waals surface area contributed by atoms with Crippen molar-refractivity contribution in [2.75, 3.05) is 22.9 Å². The zero-order valence-electron chi connectivity index (χ0n) is 28.5. The Kier molecular flexibility index (Phi) is 8.21. The van der Waals surface area contributed by atoms with Crippen LogP contribution in [0.2, 0.25) is 13.1 Å². The second kappa shape index (κ2) is 12.6. The summed E-state index contributed by atoms with van der Waals surface area (Å²) in [5.74, 6) is -9.99. The molecule has 5 aromatic carbocycles. The number of carbonyl (C=O) groups excluding carboxylic acids is 1. The van der Waals surface area contributed by atoms with E-state index in [0.29, 0.717) is 24.2 Å². The summed E-state index contributed by atoms with van der Waals surface area (Å²) >= 11 is 0. The van der Waals surface area contributed by atoms with Crippen molar-refractivity contribution in [2.45, 2.75) is 51.9 Å². The molecule has 0 N–H and O–H groups in total. The molecule has 0 saturated carbocycles. The number of anilines is 2. The smallest absolute Gasteiger partial charge is 0.222 e. The Hall–Kier alpha value is -5.02. The van der Waals surface area contributed by atoms with E-state index >= 15 is 13.2 Å². The second-order valence-corrected chi connectivity index (χ2v) is 18.7. The van der Waals surface area contributed by atoms with Crippen LogP contribution in [0.25, 0.3) is 0 Å². The summed E-state index contributed by atoms with van der Waals surface area (Å²) in [4.78, 5) is 17.2. The Morgan fingerprint density at radius 3 is 1.59 bits per heavy atom. The fourth-order valence-corrected chi connectivity index (χ4v) is 11.4. The molecule has 8 rings (SSSR count). The number of rotatable bonds is 6. The molecular formula is C42H36F4N2O2Si. The van der Waals surface area contributed by atoms with Crippen LogP contribution in [0.1, 0.15) is 62.1 Å². The summed E-state index contributed by atoms with van der Waals surface area (Å²) in [6, 6.07) is 28.5. The number of carboxylic acid groups (broad SMARTS) is 1. The van der Waals surface area contributed by atoms with Crippen LogP contribution in [0.5, 0.6) is 0 Å². The van der Waals surface area contributed by atoms with Gasteiger partial charge in [0.25, 0.3) is 0 Å². The van der Waals surface area contributed by atoms with Crippen LogP contribution in [0.15, 0.2) is 84.9 Å². The first-order valence-corrected chi connectivity index (χ1v) is 20.4. The van der Waals surface area contributed by atoms with Crippen LogP contribution in [-0.4, -0.2) is 27.1 Å². The van der Waals surface area contributed by atoms with Crippen molar-refractivity contribution in [1.82, 2.24) is 0 Å². The van der Waals surface area contributed by atoms with Gasteiger partial charge in [0.1, 0.15) is 11.5 Å². The monoisotopic (exact) mass is 704 g/mol. The number of benzene rings is 5. The van der Waals surface area contributed by atoms with E-state index in [2.05, 4.69) is 59.3 Å². The van der Waals surface area contributed by atoms with E-state index < -0.39 is 48.4 Å². The van der Waals surface area contributed by atoms with Crippen LogP contribution >= 0.6 is 0 Å². The quantitative estimate of drug-likeness (QED) is 0.0652. The normalized spacial score (nSPS) is 15.9. The number of hydrogen-bond donors (Lipinski definition) is 0. The predicted molar refractivity (Wildman–Crippen MR) is 192 cm³/mol. The number of aryl methyl sites for hydroxylation is 2. The van der Waals surface area contributed by atoms with Gasteiger partial charge in [-0.05, 0) is 71.4 Å². The third-order valence-electron chi connectivity index (χ3n) is 10.9. The first kappa shape index (κ1) is 33.1. The molecule has 0 radical (unpaired) electrons. The molecule has 0 amide bonds. The average molecular weight is 705 g/mol. The minimum Gasteiger partial charge on any atom is -0.538 e. The maximum atomic E-state index is 16.2. The molecule has 3 heterocycles. The van der Waals surface area contributed by atoms with Gasteiger partial charge in [-0.25, -0.2) is 0 Å². The molecule has 0 aromatic heterocycles. The Labute approximate surface area is 296 Å². The first-order valence-electron chi connectivity index (χ1n) is 17.4. The Morgan fingerprint density at radius 2 is 1.14 bits per heavy atom. The Balaban J connectivity index is 1.38. The summed E-state index contributed by atoms with van der Waals surface area (Å²) < 4.78 is 61.5. The highest BCUT2D eigenvalue weighted by molar-refractivity contribution is 7.01. The van der Waals surface area contributed by atoms with Gasteiger partial charge < -0.3 is 19.7 Å². The average Bonchev–Trinajstić information content (AvgIpc) is 3.13. The van der Waals surface area contributed by atoms with Gasteiger partial charge in [0.2, 0.25) is 17.5 Å². The molecule has 0 atom stereocenters. The van der Waals surface area contributed by atoms with Crippen LogP contribution in [0.4, 0.5) is 28.9 Å². The maximum Gasteiger partial charge on any atom is 0.222 e. The van der Waals surface area contributed by atoms with E-state index in [1.165, 1.54) is 0 Å². The van der Waals surface area contributed by atoms with E-state index in [-0.39, 0.29) is 5.92 Å². The summed E-state index contributed by atoms with van der Waals surface area (Å²) in [6.07, 6.45) is 3.15. The fourth-order valence-electron chi connectivity index (χ4n) is 8.42. The number of hydrogen-bond acceptors (Lipinski definition) is 4. The molecule has 3 aliphatic rings. The Bertz CT molecular complexity index is 2080. The number of carbonyl (C=O) groups is 1. The maximum absolute atomic E-state index is 16.2. The van der Waals surface area contributed by atoms with Crippen LogP contribution < -0.4 is 25.3 Å². The van der Waals surface area contributed by atoms with Gasteiger partial charge in [-0.1, -0.05) is 73.8 Å². The molecule has 51 heavy (non-hydrogen) atoms. The third-order valence-corrected chi connectivity index (χ3v) is 14.4. The molecule has 0 unspecified atom stereocenters. The first-order chi connectivity index (χ1) is 24.5. The largest absolute Gasteiger partial charge is 0.538 e. The lowest BCUT2D eigenvalue weighted by Gasteiger charge is -2.39. The van der Waals surface area contributed by atoms with E-state index in [0.717, 1.165) is 82.8 Å². The minimum absolute atomic E-state index is 0.0623. The lowest BCUT2D eigenvalue weighted by molar-refractivity contribution is -0.255. The van der Waals surface area contributed by atoms with Gasteiger partial charge >= 0.3 is 0 Å². The molecule has 5 aromatic rings. The van der Waals surface area contributed by atoms with Crippen molar-refractivity contribution in [3.05, 3.63) is 159 Å². The van der Waals surface area contributed by atoms with Crippen molar-refractivity contribution in [1.29, 1.82) is 0 Å². The highest BCUT2D eigenvalue weighted by atomic mass is 28.3. The summed E-state index contributed by atoms with van der Waals surface area (Å²) in [6.45, 7) is 7.43. The van der Waals surface area contributed by atoms with Gasteiger partial charge in [0, 0.05) is 37.3 Å². The highest BCUT2D eigenvalue weighted by Crippen LogP contribution is 2.44. The zero-order valence-corrected chi connectivity index (χ0v) is 29.5. The third kappa shape index (κ3) is 5.49. The molecule has 0 saturated heterocycles. The Morgan fingerprint density at radius 1 is 0.686 bits per heavy atom. The van der Waals surface area contributed by atoms with Crippen molar-refractivity contribution in [2.24, 2.45) is 0 Å². The van der Waals surface area contributed by atoms with Crippen LogP contribution in [0.3, 0.4) is 0 Å². The fraction of sp³-hybridized carbons (Fsp3) is 0.238. The van der Waals surface area contributed by atoms with Crippen molar-refractivity contribution < 1.29 is 27.5 Å². The van der Waals surface area contributed by atoms with Gasteiger partial charge in [0.15, 0.2) is 13.9 Å². The zero-order chi connectivity index (χ0) is 35.6. The summed E-state index contributed by atoms with van der Waals surface area (Å²) in [5.41, 5.74) is 5.27. The van der Waals surface area contributed by atoms with Gasteiger partial charge in [-0.2, -0.15) is 17.6 Å². The SMILES string of the molecule is C[Si]1(C)c2cc3c(cc2[C+](c2c(F)c(F)c(F)c(F)c2C(=O)[O-])c2cc4c(cc21)N(Cc1ccccc1)CCC4)CCCN3Cc1ccccc1. The van der Waals surface area contributed by atoms with Crippen molar-refractivity contribution >= 4 is 35.8 Å². The molecule has 9 heteroatoms. The molecule has 0 spiro atoms. The second-order valence-electron chi connectivity index (χ2n) is 14.4. The van der Waals surface area contributed by atoms with E-state index in [1.54, 1.807) is 0 Å². The number of halogens is 4. The lowest BCUT2D eigenvalue weighted by atomic mass is 9.79. The number of aromatic carboxylic acids is 1. The lowest BCUT2D eigenvalue weighted by Crippen LogP contribution is -2.60.